The van der Waals surface area contributed by atoms with Crippen LogP contribution in [0, 0.1) is 6.92 Å². The third-order valence-electron chi connectivity index (χ3n) is 6.52. The third-order valence-corrected chi connectivity index (χ3v) is 6.52. The maximum Gasteiger partial charge on any atom is 0.221 e. The van der Waals surface area contributed by atoms with E-state index in [9.17, 15) is 4.79 Å². The van der Waals surface area contributed by atoms with Gasteiger partial charge in [0.25, 0.3) is 0 Å². The Kier molecular flexibility index (Phi) is 6.27. The molecular formula is C30H31N3O2. The topological polar surface area (TPSA) is 54.5 Å². The third kappa shape index (κ3) is 4.77. The summed E-state index contributed by atoms with van der Waals surface area (Å²) in [7, 11) is 0. The van der Waals surface area contributed by atoms with E-state index in [0.717, 1.165) is 51.9 Å². The molecule has 0 bridgehead atoms. The number of pyridine rings is 1. The van der Waals surface area contributed by atoms with Crippen LogP contribution >= 0.6 is 0 Å². The van der Waals surface area contributed by atoms with Crippen LogP contribution in [0.15, 0.2) is 72.9 Å². The number of anilines is 2. The molecule has 5 heteroatoms. The number of nitrogens with one attached hydrogen (secondary N) is 1. The number of rotatable bonds is 4. The maximum absolute atomic E-state index is 12.2. The Morgan fingerprint density at radius 2 is 1.54 bits per heavy atom. The smallest absolute Gasteiger partial charge is 0.221 e. The predicted octanol–water partition coefficient (Wildman–Crippen LogP) is 6.45. The Bertz CT molecular complexity index is 1350. The summed E-state index contributed by atoms with van der Waals surface area (Å²) in [5, 5.41) is 4.01. The average molecular weight is 466 g/mol. The van der Waals surface area contributed by atoms with E-state index in [-0.39, 0.29) is 18.1 Å². The number of carbonyl (C=O) groups excluding carboxylic acids is 1. The van der Waals surface area contributed by atoms with E-state index >= 15 is 0 Å². The summed E-state index contributed by atoms with van der Waals surface area (Å²) in [6.07, 6.45) is 2.29. The predicted molar refractivity (Wildman–Crippen MR) is 144 cm³/mol. The second-order valence-corrected chi connectivity index (χ2v) is 9.51. The summed E-state index contributed by atoms with van der Waals surface area (Å²) in [5.41, 5.74) is 8.13. The standard InChI is InChI=1S/C30H31N3O2/c1-19-8-10-23(11-9-19)26-6-5-7-27-29(26)31-16-28(30(27)32-22(4)34)24-12-14-25(15-13-24)33-17-20(2)35-21(3)18-33/h5-16,20-21H,17-18H2,1-4H3,(H,31,32,34). The van der Waals surface area contributed by atoms with Crippen LogP contribution in [-0.4, -0.2) is 36.2 Å². The minimum absolute atomic E-state index is 0.104. The molecule has 4 aromatic rings. The second-order valence-electron chi connectivity index (χ2n) is 9.51. The number of benzene rings is 3. The van der Waals surface area contributed by atoms with Crippen LogP contribution in [0.5, 0.6) is 0 Å². The van der Waals surface area contributed by atoms with Crippen molar-refractivity contribution in [3.05, 3.63) is 78.5 Å². The molecule has 2 heterocycles. The summed E-state index contributed by atoms with van der Waals surface area (Å²) in [6.45, 7) is 9.60. The van der Waals surface area contributed by atoms with Gasteiger partial charge in [0.05, 0.1) is 23.4 Å². The highest BCUT2D eigenvalue weighted by Gasteiger charge is 2.22. The molecule has 0 saturated carbocycles. The molecule has 1 fully saturated rings. The molecule has 1 aliphatic heterocycles. The first-order valence-electron chi connectivity index (χ1n) is 12.2. The van der Waals surface area contributed by atoms with Gasteiger partial charge in [-0.15, -0.1) is 0 Å². The van der Waals surface area contributed by atoms with Crippen molar-refractivity contribution in [1.29, 1.82) is 0 Å². The highest BCUT2D eigenvalue weighted by atomic mass is 16.5. The van der Waals surface area contributed by atoms with Gasteiger partial charge in [0, 0.05) is 48.4 Å². The van der Waals surface area contributed by atoms with Gasteiger partial charge in [-0.1, -0.05) is 60.2 Å². The molecule has 0 radical (unpaired) electrons. The molecule has 3 aromatic carbocycles. The lowest BCUT2D eigenvalue weighted by atomic mass is 9.97. The van der Waals surface area contributed by atoms with E-state index in [1.54, 1.807) is 6.92 Å². The number of aryl methyl sites for hydroxylation is 1. The van der Waals surface area contributed by atoms with Crippen molar-refractivity contribution < 1.29 is 9.53 Å². The lowest BCUT2D eigenvalue weighted by Gasteiger charge is -2.36. The zero-order valence-electron chi connectivity index (χ0n) is 20.7. The van der Waals surface area contributed by atoms with Crippen molar-refractivity contribution in [3.8, 4) is 22.3 Å². The molecule has 0 aliphatic carbocycles. The quantitative estimate of drug-likeness (QED) is 0.376. The van der Waals surface area contributed by atoms with Crippen LogP contribution in [0.4, 0.5) is 11.4 Å². The number of para-hydroxylation sites is 1. The van der Waals surface area contributed by atoms with Gasteiger partial charge in [-0.2, -0.15) is 0 Å². The van der Waals surface area contributed by atoms with Crippen LogP contribution < -0.4 is 10.2 Å². The molecule has 5 rings (SSSR count). The van der Waals surface area contributed by atoms with Crippen molar-refractivity contribution >= 4 is 28.2 Å². The zero-order chi connectivity index (χ0) is 24.5. The maximum atomic E-state index is 12.2. The molecule has 1 N–H and O–H groups in total. The number of fused-ring (bicyclic) bond motifs is 1. The molecule has 35 heavy (non-hydrogen) atoms. The second kappa shape index (κ2) is 9.51. The average Bonchev–Trinajstić information content (AvgIpc) is 2.84. The van der Waals surface area contributed by atoms with Crippen molar-refractivity contribution in [2.75, 3.05) is 23.3 Å². The number of carbonyl (C=O) groups is 1. The molecule has 178 valence electrons. The van der Waals surface area contributed by atoms with E-state index in [1.807, 2.05) is 18.3 Å². The van der Waals surface area contributed by atoms with Crippen molar-refractivity contribution in [1.82, 2.24) is 4.98 Å². The molecule has 1 saturated heterocycles. The lowest BCUT2D eigenvalue weighted by Crippen LogP contribution is -2.45. The Hall–Kier alpha value is -3.70. The number of ether oxygens (including phenoxy) is 1. The minimum atomic E-state index is -0.104. The molecule has 5 nitrogen and oxygen atoms in total. The van der Waals surface area contributed by atoms with Gasteiger partial charge < -0.3 is 15.0 Å². The fourth-order valence-electron chi connectivity index (χ4n) is 4.96. The molecule has 2 atom stereocenters. The van der Waals surface area contributed by atoms with Gasteiger partial charge >= 0.3 is 0 Å². The summed E-state index contributed by atoms with van der Waals surface area (Å²) in [6, 6.07) is 23.1. The summed E-state index contributed by atoms with van der Waals surface area (Å²) in [5.74, 6) is -0.104. The Morgan fingerprint density at radius 1 is 0.914 bits per heavy atom. The largest absolute Gasteiger partial charge is 0.372 e. The van der Waals surface area contributed by atoms with Gasteiger partial charge in [0.2, 0.25) is 5.91 Å². The van der Waals surface area contributed by atoms with Crippen molar-refractivity contribution in [3.63, 3.8) is 0 Å². The fraction of sp³-hybridized carbons (Fsp3) is 0.267. The van der Waals surface area contributed by atoms with Gasteiger partial charge in [-0.05, 0) is 44.0 Å². The monoisotopic (exact) mass is 465 g/mol. The van der Waals surface area contributed by atoms with Crippen LogP contribution in [0.1, 0.15) is 26.3 Å². The van der Waals surface area contributed by atoms with Crippen LogP contribution in [-0.2, 0) is 9.53 Å². The van der Waals surface area contributed by atoms with E-state index in [0.29, 0.717) is 0 Å². The number of hydrogen-bond acceptors (Lipinski definition) is 4. The number of morpholine rings is 1. The molecule has 1 amide bonds. The first-order valence-corrected chi connectivity index (χ1v) is 12.2. The van der Waals surface area contributed by atoms with Crippen molar-refractivity contribution in [2.24, 2.45) is 0 Å². The first-order chi connectivity index (χ1) is 16.9. The Balaban J connectivity index is 1.57. The van der Waals surface area contributed by atoms with Crippen molar-refractivity contribution in [2.45, 2.75) is 39.9 Å². The van der Waals surface area contributed by atoms with Gasteiger partial charge in [0.1, 0.15) is 0 Å². The van der Waals surface area contributed by atoms with E-state index in [1.165, 1.54) is 11.3 Å². The highest BCUT2D eigenvalue weighted by molar-refractivity contribution is 6.09. The first kappa shape index (κ1) is 23.1. The Labute approximate surface area is 206 Å². The van der Waals surface area contributed by atoms with Gasteiger partial charge in [0.15, 0.2) is 0 Å². The number of nitrogens with zero attached hydrogens (tertiary/aromatic N) is 2. The molecule has 2 unspecified atom stereocenters. The van der Waals surface area contributed by atoms with Crippen LogP contribution in [0.3, 0.4) is 0 Å². The number of hydrogen-bond donors (Lipinski definition) is 1. The molecule has 1 aliphatic rings. The summed E-state index contributed by atoms with van der Waals surface area (Å²) >= 11 is 0. The zero-order valence-corrected chi connectivity index (χ0v) is 20.7. The van der Waals surface area contributed by atoms with Crippen LogP contribution in [0.2, 0.25) is 0 Å². The summed E-state index contributed by atoms with van der Waals surface area (Å²) in [4.78, 5) is 19.4. The Morgan fingerprint density at radius 3 is 2.20 bits per heavy atom. The molecule has 0 spiro atoms. The number of aromatic nitrogens is 1. The van der Waals surface area contributed by atoms with E-state index in [2.05, 4.69) is 85.6 Å². The van der Waals surface area contributed by atoms with Gasteiger partial charge in [-0.3, -0.25) is 9.78 Å². The fourth-order valence-corrected chi connectivity index (χ4v) is 4.96. The van der Waals surface area contributed by atoms with Gasteiger partial charge in [-0.25, -0.2) is 0 Å². The van der Waals surface area contributed by atoms with Crippen LogP contribution in [0.25, 0.3) is 33.2 Å². The SMILES string of the molecule is CC(=O)Nc1c(-c2ccc(N3CC(C)OC(C)C3)cc2)cnc2c(-c3ccc(C)cc3)cccc12. The van der Waals surface area contributed by atoms with E-state index < -0.39 is 0 Å². The normalized spacial score (nSPS) is 18.0. The molecular weight excluding hydrogens is 434 g/mol. The minimum Gasteiger partial charge on any atom is -0.372 e. The molecule has 1 aromatic heterocycles. The number of amides is 1. The van der Waals surface area contributed by atoms with E-state index in [4.69, 9.17) is 9.72 Å². The lowest BCUT2D eigenvalue weighted by molar-refractivity contribution is -0.114. The summed E-state index contributed by atoms with van der Waals surface area (Å²) < 4.78 is 5.88. The highest BCUT2D eigenvalue weighted by Crippen LogP contribution is 2.38.